The molecule has 0 amide bonds. The summed E-state index contributed by atoms with van der Waals surface area (Å²) in [5.41, 5.74) is 2.64. The second kappa shape index (κ2) is 7.05. The molecule has 0 saturated heterocycles. The first-order chi connectivity index (χ1) is 8.79. The fraction of sp³-hybridized carbons (Fsp3) is 0.600. The molecule has 1 unspecified atom stereocenters. The molecular weight excluding hydrogens is 244 g/mol. The number of aryl methyl sites for hydroxylation is 1. The molecule has 0 aliphatic carbocycles. The van der Waals surface area contributed by atoms with Crippen molar-refractivity contribution in [3.8, 4) is 5.75 Å². The maximum atomic E-state index is 9.89. The molecule has 0 aromatic heterocycles. The molecule has 0 bridgehead atoms. The van der Waals surface area contributed by atoms with Gasteiger partial charge in [-0.2, -0.15) is 11.8 Å². The number of fused-ring (bicyclic) bond motifs is 1. The lowest BCUT2D eigenvalue weighted by molar-refractivity contribution is 0.162. The number of thioether (sulfide) groups is 1. The summed E-state index contributed by atoms with van der Waals surface area (Å²) in [6, 6.07) is 6.42. The molecule has 1 aromatic rings. The molecule has 0 saturated carbocycles. The molecule has 1 heterocycles. The maximum absolute atomic E-state index is 9.89. The first kappa shape index (κ1) is 13.8. The maximum Gasteiger partial charge on any atom is 0.122 e. The Morgan fingerprint density at radius 2 is 2.28 bits per heavy atom. The highest BCUT2D eigenvalue weighted by Crippen LogP contribution is 2.26. The van der Waals surface area contributed by atoms with Gasteiger partial charge in [-0.3, -0.25) is 0 Å². The summed E-state index contributed by atoms with van der Waals surface area (Å²) in [7, 11) is 0. The van der Waals surface area contributed by atoms with Crippen molar-refractivity contribution in [1.82, 2.24) is 0 Å². The predicted octanol–water partition coefficient (Wildman–Crippen LogP) is 3.06. The van der Waals surface area contributed by atoms with Crippen LogP contribution in [0.25, 0.3) is 0 Å². The Kier molecular flexibility index (Phi) is 5.39. The van der Waals surface area contributed by atoms with E-state index in [1.807, 2.05) is 11.8 Å². The van der Waals surface area contributed by atoms with E-state index < -0.39 is 0 Å². The van der Waals surface area contributed by atoms with Gasteiger partial charge in [0, 0.05) is 6.42 Å². The van der Waals surface area contributed by atoms with Crippen LogP contribution in [0.4, 0.5) is 0 Å². The van der Waals surface area contributed by atoms with E-state index in [1.165, 1.54) is 11.1 Å². The highest BCUT2D eigenvalue weighted by atomic mass is 32.2. The number of hydrogen-bond donors (Lipinski definition) is 1. The second-order valence-corrected chi connectivity index (χ2v) is 6.11. The van der Waals surface area contributed by atoms with E-state index in [1.54, 1.807) is 0 Å². The Labute approximate surface area is 114 Å². The lowest BCUT2D eigenvalue weighted by Crippen LogP contribution is -2.09. The van der Waals surface area contributed by atoms with Crippen LogP contribution in [-0.2, 0) is 12.8 Å². The van der Waals surface area contributed by atoms with Gasteiger partial charge >= 0.3 is 0 Å². The molecular formula is C15H22O2S. The van der Waals surface area contributed by atoms with Gasteiger partial charge in [0.1, 0.15) is 5.75 Å². The van der Waals surface area contributed by atoms with Crippen LogP contribution in [0.2, 0.25) is 0 Å². The van der Waals surface area contributed by atoms with Crippen LogP contribution in [0.1, 0.15) is 30.9 Å². The van der Waals surface area contributed by atoms with E-state index in [4.69, 9.17) is 4.74 Å². The molecule has 100 valence electrons. The van der Waals surface area contributed by atoms with E-state index in [0.29, 0.717) is 0 Å². The molecule has 18 heavy (non-hydrogen) atoms. The average molecular weight is 266 g/mol. The van der Waals surface area contributed by atoms with Crippen molar-refractivity contribution in [3.63, 3.8) is 0 Å². The van der Waals surface area contributed by atoms with Crippen LogP contribution in [-0.4, -0.2) is 29.3 Å². The van der Waals surface area contributed by atoms with Gasteiger partial charge in [0.15, 0.2) is 0 Å². The largest absolute Gasteiger partial charge is 0.493 e. The Morgan fingerprint density at radius 1 is 1.39 bits per heavy atom. The molecule has 1 N–H and O–H groups in total. The van der Waals surface area contributed by atoms with Crippen molar-refractivity contribution in [2.24, 2.45) is 0 Å². The van der Waals surface area contributed by atoms with Gasteiger partial charge in [-0.15, -0.1) is 0 Å². The van der Waals surface area contributed by atoms with E-state index in [9.17, 15) is 5.11 Å². The van der Waals surface area contributed by atoms with Crippen LogP contribution >= 0.6 is 11.8 Å². The minimum atomic E-state index is -0.159. The highest BCUT2D eigenvalue weighted by molar-refractivity contribution is 7.99. The smallest absolute Gasteiger partial charge is 0.122 e. The Morgan fingerprint density at radius 3 is 3.11 bits per heavy atom. The van der Waals surface area contributed by atoms with Crippen molar-refractivity contribution in [3.05, 3.63) is 29.3 Å². The van der Waals surface area contributed by atoms with Gasteiger partial charge < -0.3 is 9.84 Å². The number of aliphatic hydroxyl groups is 1. The van der Waals surface area contributed by atoms with Crippen LogP contribution in [0.15, 0.2) is 18.2 Å². The van der Waals surface area contributed by atoms with Crippen LogP contribution < -0.4 is 4.74 Å². The summed E-state index contributed by atoms with van der Waals surface area (Å²) in [5.74, 6) is 3.24. The van der Waals surface area contributed by atoms with Crippen molar-refractivity contribution in [2.45, 2.75) is 38.7 Å². The van der Waals surface area contributed by atoms with Gasteiger partial charge in [-0.05, 0) is 48.0 Å². The van der Waals surface area contributed by atoms with Gasteiger partial charge in [0.05, 0.1) is 12.7 Å². The number of ether oxygens (including phenoxy) is 1. The molecule has 2 nitrogen and oxygen atoms in total. The first-order valence-corrected chi connectivity index (χ1v) is 7.95. The third kappa shape index (κ3) is 3.92. The van der Waals surface area contributed by atoms with Gasteiger partial charge in [0.2, 0.25) is 0 Å². The van der Waals surface area contributed by atoms with Crippen molar-refractivity contribution >= 4 is 11.8 Å². The first-order valence-electron chi connectivity index (χ1n) is 6.80. The minimum Gasteiger partial charge on any atom is -0.493 e. The zero-order valence-corrected chi connectivity index (χ0v) is 11.8. The SMILES string of the molecule is CCSCCC(O)CCc1ccc2c(c1)CCO2. The fourth-order valence-electron chi connectivity index (χ4n) is 2.24. The van der Waals surface area contributed by atoms with Crippen LogP contribution in [0.3, 0.4) is 0 Å². The standard InChI is InChI=1S/C15H22O2S/c1-2-18-10-8-14(16)5-3-12-4-6-15-13(11-12)7-9-17-15/h4,6,11,14,16H,2-3,5,7-10H2,1H3. The van der Waals surface area contributed by atoms with E-state index in [2.05, 4.69) is 25.1 Å². The summed E-state index contributed by atoms with van der Waals surface area (Å²) >= 11 is 1.90. The van der Waals surface area contributed by atoms with E-state index >= 15 is 0 Å². The summed E-state index contributed by atoms with van der Waals surface area (Å²) in [6.45, 7) is 2.97. The van der Waals surface area contributed by atoms with Gasteiger partial charge in [-0.1, -0.05) is 19.1 Å². The summed E-state index contributed by atoms with van der Waals surface area (Å²) in [6.07, 6.45) is 3.61. The fourth-order valence-corrected chi connectivity index (χ4v) is 2.96. The van der Waals surface area contributed by atoms with Gasteiger partial charge in [-0.25, -0.2) is 0 Å². The monoisotopic (exact) mass is 266 g/mol. The minimum absolute atomic E-state index is 0.159. The lowest BCUT2D eigenvalue weighted by atomic mass is 10.0. The average Bonchev–Trinajstić information content (AvgIpc) is 2.84. The van der Waals surface area contributed by atoms with Gasteiger partial charge in [0.25, 0.3) is 0 Å². The molecule has 1 aromatic carbocycles. The summed E-state index contributed by atoms with van der Waals surface area (Å²) < 4.78 is 5.49. The second-order valence-electron chi connectivity index (χ2n) is 4.72. The summed E-state index contributed by atoms with van der Waals surface area (Å²) in [5, 5.41) is 9.89. The number of rotatable bonds is 7. The third-order valence-corrected chi connectivity index (χ3v) is 4.25. The zero-order chi connectivity index (χ0) is 12.8. The number of aliphatic hydroxyl groups excluding tert-OH is 1. The lowest BCUT2D eigenvalue weighted by Gasteiger charge is -2.10. The zero-order valence-electron chi connectivity index (χ0n) is 11.0. The Bertz CT molecular complexity index is 379. The molecule has 0 fully saturated rings. The van der Waals surface area contributed by atoms with Crippen molar-refractivity contribution in [1.29, 1.82) is 0 Å². The third-order valence-electron chi connectivity index (χ3n) is 3.32. The van der Waals surface area contributed by atoms with Crippen LogP contribution in [0, 0.1) is 0 Å². The van der Waals surface area contributed by atoms with Crippen molar-refractivity contribution < 1.29 is 9.84 Å². The predicted molar refractivity (Wildman–Crippen MR) is 77.6 cm³/mol. The number of hydrogen-bond acceptors (Lipinski definition) is 3. The molecule has 1 aliphatic heterocycles. The van der Waals surface area contributed by atoms with E-state index in [-0.39, 0.29) is 6.10 Å². The topological polar surface area (TPSA) is 29.5 Å². The Hall–Kier alpha value is -0.670. The molecule has 0 spiro atoms. The normalized spacial score (nSPS) is 15.2. The van der Waals surface area contributed by atoms with E-state index in [0.717, 1.165) is 49.5 Å². The van der Waals surface area contributed by atoms with Crippen LogP contribution in [0.5, 0.6) is 5.75 Å². The summed E-state index contributed by atoms with van der Waals surface area (Å²) in [4.78, 5) is 0. The molecule has 1 aliphatic rings. The highest BCUT2D eigenvalue weighted by Gasteiger charge is 2.12. The quantitative estimate of drug-likeness (QED) is 0.769. The molecule has 3 heteroatoms. The van der Waals surface area contributed by atoms with Crippen molar-refractivity contribution in [2.75, 3.05) is 18.1 Å². The molecule has 2 rings (SSSR count). The molecule has 0 radical (unpaired) electrons. The Balaban J connectivity index is 1.76. The number of benzene rings is 1. The molecule has 1 atom stereocenters.